The average molecular weight is 319 g/mol. The van der Waals surface area contributed by atoms with Crippen LogP contribution in [0.25, 0.3) is 0 Å². The van der Waals surface area contributed by atoms with Crippen LogP contribution in [0.3, 0.4) is 0 Å². The minimum absolute atomic E-state index is 0.314. The summed E-state index contributed by atoms with van der Waals surface area (Å²) in [6, 6.07) is 5.64. The molecule has 2 N–H and O–H groups in total. The highest BCUT2D eigenvalue weighted by molar-refractivity contribution is 9.10. The Morgan fingerprint density at radius 3 is 2.47 bits per heavy atom. The van der Waals surface area contributed by atoms with Crippen molar-refractivity contribution in [1.82, 2.24) is 9.97 Å². The van der Waals surface area contributed by atoms with Crippen LogP contribution in [0.15, 0.2) is 22.9 Å². The standard InChI is InChI=1S/C13H11BrN4O/c1-7-3-9(5-15)4-8(2)11(7)19-13-10(14)12(16)17-6-18-13/h3-4,6H,1-2H3,(H2,16,17,18). The molecule has 19 heavy (non-hydrogen) atoms. The zero-order valence-corrected chi connectivity index (χ0v) is 12.0. The maximum absolute atomic E-state index is 8.91. The summed E-state index contributed by atoms with van der Waals surface area (Å²) in [5.74, 6) is 1.33. The first-order chi connectivity index (χ1) is 9.02. The molecule has 0 bridgehead atoms. The van der Waals surface area contributed by atoms with E-state index in [0.29, 0.717) is 27.5 Å². The molecule has 2 aromatic rings. The van der Waals surface area contributed by atoms with Gasteiger partial charge in [-0.05, 0) is 53.0 Å². The molecule has 0 unspecified atom stereocenters. The van der Waals surface area contributed by atoms with Gasteiger partial charge >= 0.3 is 0 Å². The van der Waals surface area contributed by atoms with Gasteiger partial charge in [0.25, 0.3) is 0 Å². The molecule has 6 heteroatoms. The number of hydrogen-bond acceptors (Lipinski definition) is 5. The van der Waals surface area contributed by atoms with E-state index in [2.05, 4.69) is 32.0 Å². The third-order valence-electron chi connectivity index (χ3n) is 2.57. The Morgan fingerprint density at radius 2 is 1.89 bits per heavy atom. The van der Waals surface area contributed by atoms with Crippen molar-refractivity contribution in [2.24, 2.45) is 0 Å². The molecule has 0 spiro atoms. The summed E-state index contributed by atoms with van der Waals surface area (Å²) in [5.41, 5.74) is 8.00. The maximum atomic E-state index is 8.91. The van der Waals surface area contributed by atoms with Gasteiger partial charge in [0.15, 0.2) is 0 Å². The lowest BCUT2D eigenvalue weighted by Crippen LogP contribution is -1.99. The largest absolute Gasteiger partial charge is 0.437 e. The van der Waals surface area contributed by atoms with Crippen LogP contribution < -0.4 is 10.5 Å². The minimum Gasteiger partial charge on any atom is -0.437 e. The first-order valence-electron chi connectivity index (χ1n) is 5.48. The van der Waals surface area contributed by atoms with Gasteiger partial charge in [0, 0.05) is 0 Å². The molecule has 0 radical (unpaired) electrons. The van der Waals surface area contributed by atoms with E-state index in [4.69, 9.17) is 15.7 Å². The van der Waals surface area contributed by atoms with E-state index in [-0.39, 0.29) is 0 Å². The van der Waals surface area contributed by atoms with Crippen LogP contribution >= 0.6 is 15.9 Å². The van der Waals surface area contributed by atoms with Crippen LogP contribution in [0.5, 0.6) is 11.6 Å². The monoisotopic (exact) mass is 318 g/mol. The molecule has 0 amide bonds. The number of nitrogen functional groups attached to an aromatic ring is 1. The van der Waals surface area contributed by atoms with Gasteiger partial charge in [-0.1, -0.05) is 0 Å². The van der Waals surface area contributed by atoms with Gasteiger partial charge in [0.2, 0.25) is 5.88 Å². The molecule has 1 heterocycles. The second kappa shape index (κ2) is 5.24. The van der Waals surface area contributed by atoms with Gasteiger partial charge in [-0.2, -0.15) is 5.26 Å². The third kappa shape index (κ3) is 2.66. The van der Waals surface area contributed by atoms with Crippen molar-refractivity contribution >= 4 is 21.7 Å². The Kier molecular flexibility index (Phi) is 3.67. The number of halogens is 1. The molecule has 1 aromatic heterocycles. The summed E-state index contributed by atoms with van der Waals surface area (Å²) >= 11 is 3.29. The predicted octanol–water partition coefficient (Wildman–Crippen LogP) is 3.10. The molecule has 0 fully saturated rings. The lowest BCUT2D eigenvalue weighted by molar-refractivity contribution is 0.452. The number of aryl methyl sites for hydroxylation is 2. The molecule has 96 valence electrons. The van der Waals surface area contributed by atoms with Crippen LogP contribution in [-0.2, 0) is 0 Å². The van der Waals surface area contributed by atoms with E-state index in [9.17, 15) is 0 Å². The van der Waals surface area contributed by atoms with Crippen molar-refractivity contribution in [3.05, 3.63) is 39.6 Å². The number of rotatable bonds is 2. The number of nitrogens with two attached hydrogens (primary N) is 1. The quantitative estimate of drug-likeness (QED) is 0.919. The van der Waals surface area contributed by atoms with Crippen molar-refractivity contribution in [2.75, 3.05) is 5.73 Å². The fourth-order valence-corrected chi connectivity index (χ4v) is 2.00. The molecule has 0 aliphatic carbocycles. The molecule has 5 nitrogen and oxygen atoms in total. The Balaban J connectivity index is 2.45. The Labute approximate surface area is 119 Å². The van der Waals surface area contributed by atoms with E-state index in [1.54, 1.807) is 12.1 Å². The van der Waals surface area contributed by atoms with Crippen molar-refractivity contribution < 1.29 is 4.74 Å². The molecule has 0 aliphatic heterocycles. The van der Waals surface area contributed by atoms with E-state index >= 15 is 0 Å². The number of benzene rings is 1. The second-order valence-electron chi connectivity index (χ2n) is 4.03. The van der Waals surface area contributed by atoms with Crippen molar-refractivity contribution in [3.8, 4) is 17.7 Å². The van der Waals surface area contributed by atoms with E-state index < -0.39 is 0 Å². The molecule has 0 aliphatic rings. The number of ether oxygens (including phenoxy) is 1. The highest BCUT2D eigenvalue weighted by Crippen LogP contribution is 2.34. The van der Waals surface area contributed by atoms with Crippen LogP contribution in [-0.4, -0.2) is 9.97 Å². The number of nitrogens with zero attached hydrogens (tertiary/aromatic N) is 3. The summed E-state index contributed by atoms with van der Waals surface area (Å²) in [7, 11) is 0. The fourth-order valence-electron chi connectivity index (χ4n) is 1.71. The van der Waals surface area contributed by atoms with E-state index in [1.807, 2.05) is 13.8 Å². The minimum atomic E-state index is 0.314. The van der Waals surface area contributed by atoms with Crippen LogP contribution in [0, 0.1) is 25.2 Å². The smallest absolute Gasteiger partial charge is 0.238 e. The van der Waals surface area contributed by atoms with Gasteiger partial charge in [0.05, 0.1) is 11.6 Å². The van der Waals surface area contributed by atoms with E-state index in [1.165, 1.54) is 6.33 Å². The highest BCUT2D eigenvalue weighted by Gasteiger charge is 2.12. The molecule has 2 rings (SSSR count). The van der Waals surface area contributed by atoms with Crippen molar-refractivity contribution in [2.45, 2.75) is 13.8 Å². The van der Waals surface area contributed by atoms with Crippen LogP contribution in [0.1, 0.15) is 16.7 Å². The Morgan fingerprint density at radius 1 is 1.26 bits per heavy atom. The summed E-state index contributed by atoms with van der Waals surface area (Å²) < 4.78 is 6.28. The number of nitriles is 1. The molecular weight excluding hydrogens is 308 g/mol. The summed E-state index contributed by atoms with van der Waals surface area (Å²) in [6.45, 7) is 3.75. The van der Waals surface area contributed by atoms with Gasteiger partial charge in [-0.15, -0.1) is 0 Å². The SMILES string of the molecule is Cc1cc(C#N)cc(C)c1Oc1ncnc(N)c1Br. The zero-order valence-electron chi connectivity index (χ0n) is 10.4. The van der Waals surface area contributed by atoms with Gasteiger partial charge in [-0.3, -0.25) is 0 Å². The summed E-state index contributed by atoms with van der Waals surface area (Å²) in [4.78, 5) is 7.88. The first-order valence-corrected chi connectivity index (χ1v) is 6.27. The van der Waals surface area contributed by atoms with E-state index in [0.717, 1.165) is 11.1 Å². The number of anilines is 1. The Hall–Kier alpha value is -2.13. The maximum Gasteiger partial charge on any atom is 0.238 e. The molecule has 0 saturated carbocycles. The average Bonchev–Trinajstić information content (AvgIpc) is 2.38. The first kappa shape index (κ1) is 13.3. The summed E-state index contributed by atoms with van der Waals surface area (Å²) in [6.07, 6.45) is 1.34. The predicted molar refractivity (Wildman–Crippen MR) is 74.8 cm³/mol. The lowest BCUT2D eigenvalue weighted by Gasteiger charge is -2.12. The summed E-state index contributed by atoms with van der Waals surface area (Å²) in [5, 5.41) is 8.91. The van der Waals surface area contributed by atoms with Crippen LogP contribution in [0.4, 0.5) is 5.82 Å². The Bertz CT molecular complexity index is 656. The lowest BCUT2D eigenvalue weighted by atomic mass is 10.1. The van der Waals surface area contributed by atoms with Gasteiger partial charge < -0.3 is 10.5 Å². The fraction of sp³-hybridized carbons (Fsp3) is 0.154. The van der Waals surface area contributed by atoms with Crippen molar-refractivity contribution in [3.63, 3.8) is 0 Å². The molecule has 0 atom stereocenters. The van der Waals surface area contributed by atoms with Gasteiger partial charge in [-0.25, -0.2) is 9.97 Å². The number of hydrogen-bond donors (Lipinski definition) is 1. The third-order valence-corrected chi connectivity index (χ3v) is 3.32. The molecule has 0 saturated heterocycles. The topological polar surface area (TPSA) is 84.8 Å². The van der Waals surface area contributed by atoms with Gasteiger partial charge in [0.1, 0.15) is 22.4 Å². The second-order valence-corrected chi connectivity index (χ2v) is 4.82. The molecule has 1 aromatic carbocycles. The number of aromatic nitrogens is 2. The van der Waals surface area contributed by atoms with Crippen LogP contribution in [0.2, 0.25) is 0 Å². The zero-order chi connectivity index (χ0) is 14.0. The normalized spacial score (nSPS) is 10.0. The molecular formula is C13H11BrN4O. The highest BCUT2D eigenvalue weighted by atomic mass is 79.9. The van der Waals surface area contributed by atoms with Crippen molar-refractivity contribution in [1.29, 1.82) is 5.26 Å².